The van der Waals surface area contributed by atoms with E-state index in [1.807, 2.05) is 24.3 Å². The number of nitrogens with two attached hydrogens (primary N) is 1. The zero-order chi connectivity index (χ0) is 13.9. The van der Waals surface area contributed by atoms with Gasteiger partial charge in [0.15, 0.2) is 11.6 Å². The molecule has 2 unspecified atom stereocenters. The molecule has 4 nitrogen and oxygen atoms in total. The Morgan fingerprint density at radius 3 is 2.60 bits per heavy atom. The molecule has 4 heteroatoms. The first-order valence-corrected chi connectivity index (χ1v) is 7.56. The summed E-state index contributed by atoms with van der Waals surface area (Å²) in [6.45, 7) is 2.26. The molecule has 1 aliphatic carbocycles. The van der Waals surface area contributed by atoms with Crippen molar-refractivity contribution in [1.29, 1.82) is 0 Å². The van der Waals surface area contributed by atoms with Crippen LogP contribution in [0.4, 0.5) is 11.6 Å². The maximum absolute atomic E-state index is 6.05. The first kappa shape index (κ1) is 13.2. The van der Waals surface area contributed by atoms with Gasteiger partial charge in [-0.15, -0.1) is 0 Å². The molecule has 2 aromatic rings. The number of para-hydroxylation sites is 2. The summed E-state index contributed by atoms with van der Waals surface area (Å²) >= 11 is 0. The number of benzene rings is 1. The van der Waals surface area contributed by atoms with E-state index in [1.165, 1.54) is 32.1 Å². The maximum Gasteiger partial charge on any atom is 0.169 e. The van der Waals surface area contributed by atoms with Crippen LogP contribution in [0.5, 0.6) is 0 Å². The van der Waals surface area contributed by atoms with Crippen LogP contribution in [0.15, 0.2) is 24.3 Å². The number of nitrogens with zero attached hydrogens (tertiary/aromatic N) is 2. The molecule has 0 bridgehead atoms. The van der Waals surface area contributed by atoms with E-state index < -0.39 is 0 Å². The fourth-order valence-electron chi connectivity index (χ4n) is 3.18. The van der Waals surface area contributed by atoms with Crippen LogP contribution in [0.2, 0.25) is 0 Å². The number of aromatic nitrogens is 2. The van der Waals surface area contributed by atoms with E-state index in [9.17, 15) is 0 Å². The smallest absolute Gasteiger partial charge is 0.169 e. The molecule has 1 aliphatic rings. The molecule has 1 heterocycles. The number of hydrogen-bond donors (Lipinski definition) is 2. The fourth-order valence-corrected chi connectivity index (χ4v) is 3.18. The van der Waals surface area contributed by atoms with Crippen LogP contribution >= 0.6 is 0 Å². The van der Waals surface area contributed by atoms with E-state index in [4.69, 9.17) is 5.73 Å². The van der Waals surface area contributed by atoms with Crippen molar-refractivity contribution < 1.29 is 0 Å². The van der Waals surface area contributed by atoms with Crippen LogP contribution in [0.3, 0.4) is 0 Å². The second kappa shape index (κ2) is 5.65. The molecule has 2 atom stereocenters. The number of fused-ring (bicyclic) bond motifs is 1. The molecule has 0 radical (unpaired) electrons. The van der Waals surface area contributed by atoms with Gasteiger partial charge in [-0.3, -0.25) is 0 Å². The van der Waals surface area contributed by atoms with Gasteiger partial charge in [-0.1, -0.05) is 38.3 Å². The highest BCUT2D eigenvalue weighted by Gasteiger charge is 2.24. The Morgan fingerprint density at radius 2 is 1.85 bits per heavy atom. The Hall–Kier alpha value is -1.84. The third-order valence-corrected chi connectivity index (χ3v) is 4.35. The molecule has 1 aromatic carbocycles. The summed E-state index contributed by atoms with van der Waals surface area (Å²) in [4.78, 5) is 9.08. The highest BCUT2D eigenvalue weighted by Crippen LogP contribution is 2.30. The number of hydrogen-bond acceptors (Lipinski definition) is 4. The summed E-state index contributed by atoms with van der Waals surface area (Å²) in [6, 6.07) is 8.33. The molecular formula is C16H22N4. The van der Waals surface area contributed by atoms with Crippen molar-refractivity contribution in [1.82, 2.24) is 9.97 Å². The lowest BCUT2D eigenvalue weighted by atomic mass is 9.83. The van der Waals surface area contributed by atoms with Crippen molar-refractivity contribution in [3.05, 3.63) is 24.3 Å². The lowest BCUT2D eigenvalue weighted by molar-refractivity contribution is 0.317. The van der Waals surface area contributed by atoms with E-state index in [0.29, 0.717) is 11.9 Å². The summed E-state index contributed by atoms with van der Waals surface area (Å²) in [6.07, 6.45) is 6.34. The van der Waals surface area contributed by atoms with Crippen LogP contribution in [0.1, 0.15) is 39.0 Å². The topological polar surface area (TPSA) is 63.8 Å². The second-order valence-electron chi connectivity index (χ2n) is 5.65. The summed E-state index contributed by atoms with van der Waals surface area (Å²) in [5, 5.41) is 3.54. The molecule has 3 N–H and O–H groups in total. The highest BCUT2D eigenvalue weighted by atomic mass is 15.1. The predicted octanol–water partition coefficient (Wildman–Crippen LogP) is 3.59. The Labute approximate surface area is 119 Å². The highest BCUT2D eigenvalue weighted by molar-refractivity contribution is 5.79. The average Bonchev–Trinajstić information content (AvgIpc) is 2.48. The van der Waals surface area contributed by atoms with Crippen molar-refractivity contribution in [3.8, 4) is 0 Å². The Morgan fingerprint density at radius 1 is 1.15 bits per heavy atom. The minimum atomic E-state index is 0.478. The monoisotopic (exact) mass is 270 g/mol. The average molecular weight is 270 g/mol. The van der Waals surface area contributed by atoms with Crippen molar-refractivity contribution in [3.63, 3.8) is 0 Å². The van der Waals surface area contributed by atoms with Gasteiger partial charge in [-0.25, -0.2) is 9.97 Å². The summed E-state index contributed by atoms with van der Waals surface area (Å²) < 4.78 is 0. The Bertz CT molecular complexity index is 596. The fraction of sp³-hybridized carbons (Fsp3) is 0.500. The minimum Gasteiger partial charge on any atom is -0.381 e. The lowest BCUT2D eigenvalue weighted by Gasteiger charge is -2.32. The molecule has 1 saturated carbocycles. The molecule has 0 spiro atoms. The van der Waals surface area contributed by atoms with Gasteiger partial charge in [0.1, 0.15) is 0 Å². The van der Waals surface area contributed by atoms with Gasteiger partial charge in [0.05, 0.1) is 11.0 Å². The molecule has 106 valence electrons. The molecule has 20 heavy (non-hydrogen) atoms. The van der Waals surface area contributed by atoms with Crippen molar-refractivity contribution in [2.75, 3.05) is 11.1 Å². The van der Waals surface area contributed by atoms with Crippen LogP contribution in [0, 0.1) is 5.92 Å². The first-order valence-electron chi connectivity index (χ1n) is 7.56. The number of nitrogens with one attached hydrogen (secondary N) is 1. The molecule has 0 aliphatic heterocycles. The SMILES string of the molecule is CCC1CCCCC1Nc1nc2ccccc2nc1N. The van der Waals surface area contributed by atoms with Crippen LogP contribution in [-0.2, 0) is 0 Å². The van der Waals surface area contributed by atoms with Crippen LogP contribution in [0.25, 0.3) is 11.0 Å². The van der Waals surface area contributed by atoms with Gasteiger partial charge in [0, 0.05) is 6.04 Å². The standard InChI is InChI=1S/C16H22N4/c1-2-11-7-3-4-8-12(11)19-16-15(17)18-13-9-5-6-10-14(13)20-16/h5-6,9-12H,2-4,7-8H2,1H3,(H2,17,18)(H,19,20). The van der Waals surface area contributed by atoms with Gasteiger partial charge >= 0.3 is 0 Å². The maximum atomic E-state index is 6.05. The van der Waals surface area contributed by atoms with E-state index in [0.717, 1.165) is 22.8 Å². The van der Waals surface area contributed by atoms with Gasteiger partial charge in [0.2, 0.25) is 0 Å². The second-order valence-corrected chi connectivity index (χ2v) is 5.65. The van der Waals surface area contributed by atoms with Crippen molar-refractivity contribution in [2.45, 2.75) is 45.1 Å². The third-order valence-electron chi connectivity index (χ3n) is 4.35. The van der Waals surface area contributed by atoms with Crippen LogP contribution < -0.4 is 11.1 Å². The molecule has 0 saturated heterocycles. The summed E-state index contributed by atoms with van der Waals surface area (Å²) in [7, 11) is 0. The van der Waals surface area contributed by atoms with Gasteiger partial charge in [-0.05, 0) is 30.9 Å². The number of rotatable bonds is 3. The minimum absolute atomic E-state index is 0.478. The van der Waals surface area contributed by atoms with Crippen molar-refractivity contribution >= 4 is 22.7 Å². The van der Waals surface area contributed by atoms with E-state index in [-0.39, 0.29) is 0 Å². The molecule has 1 aromatic heterocycles. The molecular weight excluding hydrogens is 248 g/mol. The summed E-state index contributed by atoms with van der Waals surface area (Å²) in [5.74, 6) is 1.97. The van der Waals surface area contributed by atoms with Crippen molar-refractivity contribution in [2.24, 2.45) is 5.92 Å². The Balaban J connectivity index is 1.87. The molecule has 1 fully saturated rings. The number of nitrogen functional groups attached to an aromatic ring is 1. The van der Waals surface area contributed by atoms with E-state index >= 15 is 0 Å². The first-order chi connectivity index (χ1) is 9.78. The number of anilines is 2. The van der Waals surface area contributed by atoms with Crippen LogP contribution in [-0.4, -0.2) is 16.0 Å². The predicted molar refractivity (Wildman–Crippen MR) is 83.6 cm³/mol. The third kappa shape index (κ3) is 2.55. The quantitative estimate of drug-likeness (QED) is 0.894. The largest absolute Gasteiger partial charge is 0.381 e. The van der Waals surface area contributed by atoms with Gasteiger partial charge < -0.3 is 11.1 Å². The molecule has 0 amide bonds. The Kier molecular flexibility index (Phi) is 3.72. The summed E-state index contributed by atoms with van der Waals surface area (Å²) in [5.41, 5.74) is 7.80. The molecule has 3 rings (SSSR count). The normalized spacial score (nSPS) is 22.9. The zero-order valence-corrected chi connectivity index (χ0v) is 12.0. The van der Waals surface area contributed by atoms with Gasteiger partial charge in [0.25, 0.3) is 0 Å². The van der Waals surface area contributed by atoms with E-state index in [1.54, 1.807) is 0 Å². The lowest BCUT2D eigenvalue weighted by Crippen LogP contribution is -2.32. The van der Waals surface area contributed by atoms with E-state index in [2.05, 4.69) is 22.2 Å². The zero-order valence-electron chi connectivity index (χ0n) is 12.0. The van der Waals surface area contributed by atoms with Gasteiger partial charge in [-0.2, -0.15) is 0 Å².